The summed E-state index contributed by atoms with van der Waals surface area (Å²) in [6.07, 6.45) is 7.44. The molecule has 5 nitrogen and oxygen atoms in total. The van der Waals surface area contributed by atoms with Crippen LogP contribution in [0.5, 0.6) is 0 Å². The molecule has 176 valence electrons. The minimum Gasteiger partial charge on any atom is -0.381 e. The van der Waals surface area contributed by atoms with Crippen molar-refractivity contribution >= 4 is 16.6 Å². The van der Waals surface area contributed by atoms with Crippen molar-refractivity contribution in [3.8, 4) is 17.9 Å². The highest BCUT2D eigenvalue weighted by Gasteiger charge is 2.21. The van der Waals surface area contributed by atoms with Gasteiger partial charge in [-0.15, -0.1) is 0 Å². The topological polar surface area (TPSA) is 73.7 Å². The van der Waals surface area contributed by atoms with Crippen LogP contribution in [0.2, 0.25) is 0 Å². The van der Waals surface area contributed by atoms with Gasteiger partial charge in [0.25, 0.3) is 0 Å². The minimum atomic E-state index is -0.588. The van der Waals surface area contributed by atoms with E-state index in [4.69, 9.17) is 4.74 Å². The summed E-state index contributed by atoms with van der Waals surface area (Å²) in [5, 5.41) is 13.8. The third-order valence-corrected chi connectivity index (χ3v) is 6.78. The van der Waals surface area contributed by atoms with Crippen molar-refractivity contribution in [2.75, 3.05) is 25.1 Å². The van der Waals surface area contributed by atoms with E-state index in [0.29, 0.717) is 6.54 Å². The molecule has 2 N–H and O–H groups in total. The number of pyridine rings is 1. The van der Waals surface area contributed by atoms with Crippen LogP contribution in [-0.2, 0) is 23.0 Å². The zero-order valence-electron chi connectivity index (χ0n) is 20.5. The normalized spacial score (nSPS) is 14.4. The van der Waals surface area contributed by atoms with Crippen LogP contribution in [0.4, 0.5) is 5.69 Å². The molecular formula is C29H34N4O. The number of aromatic amines is 1. The van der Waals surface area contributed by atoms with Crippen molar-refractivity contribution in [2.24, 2.45) is 5.92 Å². The molecule has 1 aromatic carbocycles. The zero-order chi connectivity index (χ0) is 24.0. The van der Waals surface area contributed by atoms with Crippen LogP contribution < -0.4 is 5.32 Å². The Morgan fingerprint density at radius 2 is 2.03 bits per heavy atom. The third kappa shape index (κ3) is 5.61. The van der Waals surface area contributed by atoms with E-state index in [1.807, 2.05) is 26.0 Å². The van der Waals surface area contributed by atoms with E-state index < -0.39 is 5.41 Å². The van der Waals surface area contributed by atoms with E-state index in [-0.39, 0.29) is 0 Å². The van der Waals surface area contributed by atoms with Gasteiger partial charge in [-0.3, -0.25) is 4.98 Å². The number of aromatic nitrogens is 2. The number of nitrogens with zero attached hydrogens (tertiary/aromatic N) is 2. The number of anilines is 1. The molecule has 0 bridgehead atoms. The summed E-state index contributed by atoms with van der Waals surface area (Å²) in [6.45, 7) is 8.28. The van der Waals surface area contributed by atoms with Gasteiger partial charge in [-0.2, -0.15) is 5.26 Å². The van der Waals surface area contributed by atoms with Crippen LogP contribution in [0.15, 0.2) is 36.5 Å². The smallest absolute Gasteiger partial charge is 0.0937 e. The molecule has 34 heavy (non-hydrogen) atoms. The average Bonchev–Trinajstić information content (AvgIpc) is 3.22. The molecule has 0 amide bonds. The molecule has 3 aromatic rings. The fourth-order valence-corrected chi connectivity index (χ4v) is 4.54. The van der Waals surface area contributed by atoms with Crippen LogP contribution in [0.1, 0.15) is 62.5 Å². The first-order valence-electron chi connectivity index (χ1n) is 12.3. The number of hydrogen-bond donors (Lipinski definition) is 2. The number of H-pyrrole nitrogens is 1. The van der Waals surface area contributed by atoms with Crippen LogP contribution in [0, 0.1) is 29.1 Å². The van der Waals surface area contributed by atoms with Gasteiger partial charge < -0.3 is 15.0 Å². The molecular weight excluding hydrogens is 420 g/mol. The van der Waals surface area contributed by atoms with Gasteiger partial charge in [0.1, 0.15) is 0 Å². The molecule has 0 radical (unpaired) electrons. The van der Waals surface area contributed by atoms with E-state index in [9.17, 15) is 5.26 Å². The van der Waals surface area contributed by atoms with Gasteiger partial charge in [-0.05, 0) is 87.1 Å². The highest BCUT2D eigenvalue weighted by Crippen LogP contribution is 2.26. The summed E-state index contributed by atoms with van der Waals surface area (Å²) < 4.78 is 5.49. The SMILES string of the molecule is CCc1c(C#CCNc2ccc(C(C)(C)C#N)nc2)[nH]c2cc(CCC3CCOCC3)ccc12. The number of nitrogens with one attached hydrogen (secondary N) is 2. The maximum Gasteiger partial charge on any atom is 0.0937 e. The Bertz CT molecular complexity index is 1220. The van der Waals surface area contributed by atoms with Crippen LogP contribution in [0.3, 0.4) is 0 Å². The number of rotatable bonds is 7. The van der Waals surface area contributed by atoms with Crippen molar-refractivity contribution in [1.29, 1.82) is 5.26 Å². The lowest BCUT2D eigenvalue weighted by molar-refractivity contribution is 0.0640. The monoisotopic (exact) mass is 454 g/mol. The first-order chi connectivity index (χ1) is 16.5. The second kappa shape index (κ2) is 10.8. The van der Waals surface area contributed by atoms with Crippen molar-refractivity contribution in [1.82, 2.24) is 9.97 Å². The molecule has 3 heterocycles. The molecule has 4 rings (SSSR count). The maximum absolute atomic E-state index is 9.26. The molecule has 1 fully saturated rings. The Morgan fingerprint density at radius 3 is 2.74 bits per heavy atom. The third-order valence-electron chi connectivity index (χ3n) is 6.78. The molecule has 1 saturated heterocycles. The van der Waals surface area contributed by atoms with Crippen molar-refractivity contribution in [3.05, 3.63) is 59.0 Å². The predicted molar refractivity (Wildman–Crippen MR) is 138 cm³/mol. The summed E-state index contributed by atoms with van der Waals surface area (Å²) in [5.41, 5.74) is 5.93. The molecule has 0 unspecified atom stereocenters. The van der Waals surface area contributed by atoms with Crippen LogP contribution in [-0.4, -0.2) is 29.7 Å². The van der Waals surface area contributed by atoms with Gasteiger partial charge >= 0.3 is 0 Å². The molecule has 0 atom stereocenters. The average molecular weight is 455 g/mol. The Kier molecular flexibility index (Phi) is 7.56. The maximum atomic E-state index is 9.26. The fraction of sp³-hybridized carbons (Fsp3) is 0.448. The molecule has 0 saturated carbocycles. The van der Waals surface area contributed by atoms with Crippen molar-refractivity contribution < 1.29 is 4.74 Å². The summed E-state index contributed by atoms with van der Waals surface area (Å²) in [4.78, 5) is 7.98. The van der Waals surface area contributed by atoms with Gasteiger partial charge in [0.15, 0.2) is 0 Å². The van der Waals surface area contributed by atoms with E-state index in [0.717, 1.165) is 49.0 Å². The quantitative estimate of drug-likeness (QED) is 0.446. The Morgan fingerprint density at radius 1 is 1.21 bits per heavy atom. The van der Waals surface area contributed by atoms with Crippen molar-refractivity contribution in [2.45, 2.75) is 58.3 Å². The van der Waals surface area contributed by atoms with Gasteiger partial charge in [-0.1, -0.05) is 25.0 Å². The Hall–Kier alpha value is -3.28. The summed E-state index contributed by atoms with van der Waals surface area (Å²) in [7, 11) is 0. The minimum absolute atomic E-state index is 0.525. The number of nitriles is 1. The molecule has 1 aliphatic rings. The standard InChI is InChI=1S/C29H34N4O/c1-4-24-25-11-9-22(8-7-21-13-16-34-17-14-21)18-27(25)33-26(24)6-5-15-31-23-10-12-28(32-19-23)29(2,3)20-30/h9-12,18-19,21,31,33H,4,7-8,13-17H2,1-3H3. The van der Waals surface area contributed by atoms with Crippen LogP contribution in [0.25, 0.3) is 10.9 Å². The largest absolute Gasteiger partial charge is 0.381 e. The van der Waals surface area contributed by atoms with Gasteiger partial charge in [0.2, 0.25) is 0 Å². The Balaban J connectivity index is 1.40. The summed E-state index contributed by atoms with van der Waals surface area (Å²) >= 11 is 0. The van der Waals surface area contributed by atoms with E-state index >= 15 is 0 Å². The van der Waals surface area contributed by atoms with Crippen molar-refractivity contribution in [3.63, 3.8) is 0 Å². The number of aryl methyl sites for hydroxylation is 2. The highest BCUT2D eigenvalue weighted by atomic mass is 16.5. The predicted octanol–water partition coefficient (Wildman–Crippen LogP) is 5.75. The van der Waals surface area contributed by atoms with Crippen LogP contribution >= 0.6 is 0 Å². The lowest BCUT2D eigenvalue weighted by atomic mass is 9.91. The first-order valence-corrected chi connectivity index (χ1v) is 12.3. The number of benzene rings is 1. The number of hydrogen-bond acceptors (Lipinski definition) is 4. The van der Waals surface area contributed by atoms with E-state index in [1.165, 1.54) is 41.3 Å². The second-order valence-electron chi connectivity index (χ2n) is 9.63. The zero-order valence-corrected chi connectivity index (χ0v) is 20.5. The van der Waals surface area contributed by atoms with Gasteiger partial charge in [0.05, 0.1) is 41.3 Å². The highest BCUT2D eigenvalue weighted by molar-refractivity contribution is 5.86. The molecule has 5 heteroatoms. The number of fused-ring (bicyclic) bond motifs is 1. The Labute approximate surface area is 202 Å². The molecule has 0 aliphatic carbocycles. The first kappa shape index (κ1) is 23.9. The molecule has 1 aliphatic heterocycles. The van der Waals surface area contributed by atoms with E-state index in [1.54, 1.807) is 6.20 Å². The summed E-state index contributed by atoms with van der Waals surface area (Å²) in [6, 6.07) is 13.0. The molecule has 0 spiro atoms. The second-order valence-corrected chi connectivity index (χ2v) is 9.63. The lowest BCUT2D eigenvalue weighted by Crippen LogP contribution is -2.16. The van der Waals surface area contributed by atoms with Gasteiger partial charge in [-0.25, -0.2) is 0 Å². The summed E-state index contributed by atoms with van der Waals surface area (Å²) in [5.74, 6) is 7.36. The number of ether oxygens (including phenoxy) is 1. The molecule has 2 aromatic heterocycles. The van der Waals surface area contributed by atoms with E-state index in [2.05, 4.69) is 58.3 Å². The fourth-order valence-electron chi connectivity index (χ4n) is 4.54. The lowest BCUT2D eigenvalue weighted by Gasteiger charge is -2.21. The van der Waals surface area contributed by atoms with Gasteiger partial charge in [0, 0.05) is 24.1 Å².